The van der Waals surface area contributed by atoms with E-state index in [0.717, 1.165) is 18.0 Å². The number of aliphatic carboxylic acids is 1. The van der Waals surface area contributed by atoms with Crippen LogP contribution >= 0.6 is 24.0 Å². The quantitative estimate of drug-likeness (QED) is 0.284. The molecule has 27 heavy (non-hydrogen) atoms. The van der Waals surface area contributed by atoms with Crippen LogP contribution in [0.25, 0.3) is 5.57 Å². The van der Waals surface area contributed by atoms with Gasteiger partial charge in [-0.2, -0.15) is 5.10 Å². The van der Waals surface area contributed by atoms with Crippen LogP contribution in [0.3, 0.4) is 0 Å². The number of rotatable bonds is 8. The number of carboxylic acid groups (broad SMARTS) is 1. The molecule has 0 aliphatic carbocycles. The third-order valence-corrected chi connectivity index (χ3v) is 4.81. The molecule has 12 heteroatoms. The van der Waals surface area contributed by atoms with Crippen molar-refractivity contribution >= 4 is 51.4 Å². The number of hydrogen-bond donors (Lipinski definition) is 2. The normalized spacial score (nSPS) is 16.3. The number of amides is 1. The van der Waals surface area contributed by atoms with E-state index in [2.05, 4.69) is 10.2 Å². The zero-order chi connectivity index (χ0) is 20.1. The van der Waals surface area contributed by atoms with E-state index in [1.165, 1.54) is 11.0 Å². The van der Waals surface area contributed by atoms with Gasteiger partial charge >= 0.3 is 11.7 Å². The molecule has 1 amide bonds. The molecular formula is C15H17N5O5S2. The van der Waals surface area contributed by atoms with Crippen molar-refractivity contribution in [2.75, 3.05) is 20.6 Å². The standard InChI is InChI=1S/C15H17N5O5S2/c1-18(2)8-9(13-10(20(24)25)7-16-17-13)6-11-14(23)19(15(26)27-11)5-3-4-12(21)22/h6-8H,3-5H2,1-2H3,(H,16,17)(H,21,22)/b9-8-,11-6-. The molecule has 2 rings (SSSR count). The van der Waals surface area contributed by atoms with Crippen LogP contribution < -0.4 is 0 Å². The Morgan fingerprint density at radius 1 is 1.56 bits per heavy atom. The van der Waals surface area contributed by atoms with E-state index in [-0.39, 0.29) is 36.7 Å². The van der Waals surface area contributed by atoms with Gasteiger partial charge in [0, 0.05) is 38.8 Å². The molecule has 1 aliphatic heterocycles. The van der Waals surface area contributed by atoms with Crippen LogP contribution in [-0.2, 0) is 9.59 Å². The zero-order valence-electron chi connectivity index (χ0n) is 14.5. The molecule has 0 radical (unpaired) electrons. The second-order valence-corrected chi connectivity index (χ2v) is 7.44. The molecule has 0 unspecified atom stereocenters. The highest BCUT2D eigenvalue weighted by Gasteiger charge is 2.32. The molecule has 144 valence electrons. The average molecular weight is 411 g/mol. The maximum absolute atomic E-state index is 12.6. The van der Waals surface area contributed by atoms with Gasteiger partial charge in [-0.1, -0.05) is 24.0 Å². The lowest BCUT2D eigenvalue weighted by atomic mass is 10.1. The van der Waals surface area contributed by atoms with Gasteiger partial charge in [0.15, 0.2) is 0 Å². The lowest BCUT2D eigenvalue weighted by Crippen LogP contribution is -2.29. The van der Waals surface area contributed by atoms with Crippen molar-refractivity contribution in [1.82, 2.24) is 20.0 Å². The summed E-state index contributed by atoms with van der Waals surface area (Å²) in [6, 6.07) is 0. The molecule has 1 fully saturated rings. The van der Waals surface area contributed by atoms with Crippen LogP contribution in [-0.4, -0.2) is 66.9 Å². The highest BCUT2D eigenvalue weighted by Crippen LogP contribution is 2.34. The Balaban J connectivity index is 2.31. The molecule has 1 saturated heterocycles. The highest BCUT2D eigenvalue weighted by atomic mass is 32.2. The molecule has 0 aromatic carbocycles. The summed E-state index contributed by atoms with van der Waals surface area (Å²) in [6.07, 6.45) is 4.45. The molecule has 1 aliphatic rings. The lowest BCUT2D eigenvalue weighted by Gasteiger charge is -2.13. The Kier molecular flexibility index (Phi) is 6.69. The summed E-state index contributed by atoms with van der Waals surface area (Å²) in [7, 11) is 3.49. The second kappa shape index (κ2) is 8.77. The number of carbonyl (C=O) groups excluding carboxylic acids is 1. The number of nitrogens with zero attached hydrogens (tertiary/aromatic N) is 4. The fourth-order valence-corrected chi connectivity index (χ4v) is 3.60. The Bertz CT molecular complexity index is 845. The summed E-state index contributed by atoms with van der Waals surface area (Å²) in [5.74, 6) is -1.30. The monoisotopic (exact) mass is 411 g/mol. The van der Waals surface area contributed by atoms with E-state index in [9.17, 15) is 19.7 Å². The first kappa shape index (κ1) is 20.6. The van der Waals surface area contributed by atoms with Gasteiger partial charge in [0.2, 0.25) is 0 Å². The van der Waals surface area contributed by atoms with E-state index >= 15 is 0 Å². The minimum Gasteiger partial charge on any atom is -0.481 e. The molecule has 2 N–H and O–H groups in total. The first-order valence-electron chi connectivity index (χ1n) is 7.74. The van der Waals surface area contributed by atoms with Crippen molar-refractivity contribution in [2.45, 2.75) is 12.8 Å². The number of nitrogens with one attached hydrogen (secondary N) is 1. The highest BCUT2D eigenvalue weighted by molar-refractivity contribution is 8.26. The summed E-state index contributed by atoms with van der Waals surface area (Å²) in [5, 5.41) is 26.2. The van der Waals surface area contributed by atoms with Crippen LogP contribution in [0.4, 0.5) is 5.69 Å². The topological polar surface area (TPSA) is 133 Å². The van der Waals surface area contributed by atoms with Gasteiger partial charge in [-0.25, -0.2) is 0 Å². The molecular weight excluding hydrogens is 394 g/mol. The van der Waals surface area contributed by atoms with E-state index in [0.29, 0.717) is 14.8 Å². The van der Waals surface area contributed by atoms with Crippen molar-refractivity contribution in [2.24, 2.45) is 0 Å². The van der Waals surface area contributed by atoms with Gasteiger partial charge in [0.1, 0.15) is 16.2 Å². The van der Waals surface area contributed by atoms with Crippen LogP contribution in [0.1, 0.15) is 18.5 Å². The zero-order valence-corrected chi connectivity index (χ0v) is 16.2. The number of carbonyl (C=O) groups is 2. The van der Waals surface area contributed by atoms with E-state index in [1.807, 2.05) is 0 Å². The van der Waals surface area contributed by atoms with Gasteiger partial charge in [-0.15, -0.1) is 0 Å². The van der Waals surface area contributed by atoms with Crippen molar-refractivity contribution < 1.29 is 19.6 Å². The smallest absolute Gasteiger partial charge is 0.314 e. The number of H-pyrrole nitrogens is 1. The van der Waals surface area contributed by atoms with E-state index in [4.69, 9.17) is 17.3 Å². The molecule has 2 heterocycles. The molecule has 1 aromatic heterocycles. The number of allylic oxidation sites excluding steroid dienone is 2. The van der Waals surface area contributed by atoms with Gasteiger partial charge < -0.3 is 10.0 Å². The SMILES string of the molecule is CN(C)/C=C(/C=C1\SC(=S)N(CCCC(=O)O)C1=O)c1[nH]ncc1[N+](=O)[O-]. The van der Waals surface area contributed by atoms with E-state index < -0.39 is 10.9 Å². The Morgan fingerprint density at radius 2 is 2.26 bits per heavy atom. The van der Waals surface area contributed by atoms with Crippen molar-refractivity contribution in [1.29, 1.82) is 0 Å². The Morgan fingerprint density at radius 3 is 2.85 bits per heavy atom. The van der Waals surface area contributed by atoms with Crippen LogP contribution in [0.15, 0.2) is 23.4 Å². The molecule has 1 aromatic rings. The third kappa shape index (κ3) is 5.14. The van der Waals surface area contributed by atoms with Gasteiger partial charge in [0.05, 0.1) is 9.83 Å². The first-order valence-corrected chi connectivity index (χ1v) is 8.96. The minimum absolute atomic E-state index is 0.0672. The van der Waals surface area contributed by atoms with Crippen molar-refractivity contribution in [3.8, 4) is 0 Å². The van der Waals surface area contributed by atoms with Crippen LogP contribution in [0, 0.1) is 10.1 Å². The summed E-state index contributed by atoms with van der Waals surface area (Å²) < 4.78 is 0.319. The largest absolute Gasteiger partial charge is 0.481 e. The fourth-order valence-electron chi connectivity index (χ4n) is 2.31. The maximum Gasteiger partial charge on any atom is 0.314 e. The predicted octanol–water partition coefficient (Wildman–Crippen LogP) is 1.83. The minimum atomic E-state index is -0.946. The molecule has 0 saturated carbocycles. The molecule has 0 atom stereocenters. The lowest BCUT2D eigenvalue weighted by molar-refractivity contribution is -0.385. The average Bonchev–Trinajstić information content (AvgIpc) is 3.14. The second-order valence-electron chi connectivity index (χ2n) is 5.77. The molecule has 0 bridgehead atoms. The number of thioether (sulfide) groups is 1. The number of carboxylic acids is 1. The number of nitro groups is 1. The Hall–Kier alpha value is -2.73. The summed E-state index contributed by atoms with van der Waals surface area (Å²) in [5.41, 5.74) is 0.358. The van der Waals surface area contributed by atoms with Gasteiger partial charge in [-0.3, -0.25) is 29.7 Å². The number of thiocarbonyl (C=S) groups is 1. The summed E-state index contributed by atoms with van der Waals surface area (Å²) >= 11 is 6.27. The summed E-state index contributed by atoms with van der Waals surface area (Å²) in [6.45, 7) is 0.200. The van der Waals surface area contributed by atoms with Crippen molar-refractivity contribution in [3.05, 3.63) is 39.2 Å². The third-order valence-electron chi connectivity index (χ3n) is 3.43. The number of aromatic amines is 1. The van der Waals surface area contributed by atoms with Gasteiger partial charge in [0.25, 0.3) is 5.91 Å². The number of hydrogen-bond acceptors (Lipinski definition) is 8. The van der Waals surface area contributed by atoms with Crippen LogP contribution in [0.2, 0.25) is 0 Å². The molecule has 0 spiro atoms. The molecule has 10 nitrogen and oxygen atoms in total. The van der Waals surface area contributed by atoms with E-state index in [1.54, 1.807) is 25.2 Å². The maximum atomic E-state index is 12.6. The fraction of sp³-hybridized carbons (Fsp3) is 0.333. The van der Waals surface area contributed by atoms with Crippen molar-refractivity contribution in [3.63, 3.8) is 0 Å². The predicted molar refractivity (Wildman–Crippen MR) is 104 cm³/mol. The summed E-state index contributed by atoms with van der Waals surface area (Å²) in [4.78, 5) is 37.2. The first-order chi connectivity index (χ1) is 12.7. The van der Waals surface area contributed by atoms with Gasteiger partial charge in [-0.05, 0) is 12.5 Å². The number of aromatic nitrogens is 2. The Labute approximate surface area is 164 Å². The van der Waals surface area contributed by atoms with Crippen LogP contribution in [0.5, 0.6) is 0 Å².